The van der Waals surface area contributed by atoms with Crippen molar-refractivity contribution in [3.05, 3.63) is 21.3 Å². The standard InChI is InChI=1S/C12H19ClN2S/c13-10-6-12(16-8-10)11(7-14)15-5-1-2-9-3-4-9/h6,8-9,11,15H,1-5,7,14H2. The lowest BCUT2D eigenvalue weighted by Gasteiger charge is -2.14. The van der Waals surface area contributed by atoms with Gasteiger partial charge in [0, 0.05) is 16.8 Å². The molecule has 1 aliphatic rings. The Morgan fingerprint density at radius 3 is 2.94 bits per heavy atom. The van der Waals surface area contributed by atoms with E-state index in [9.17, 15) is 0 Å². The first kappa shape index (κ1) is 12.4. The third-order valence-electron chi connectivity index (χ3n) is 3.04. The number of rotatable bonds is 7. The Hall–Kier alpha value is -0.0900. The van der Waals surface area contributed by atoms with Crippen LogP contribution in [0.3, 0.4) is 0 Å². The summed E-state index contributed by atoms with van der Waals surface area (Å²) in [6, 6.07) is 2.29. The maximum Gasteiger partial charge on any atom is 0.0539 e. The van der Waals surface area contributed by atoms with Crippen LogP contribution in [-0.2, 0) is 0 Å². The second-order valence-electron chi connectivity index (χ2n) is 4.50. The lowest BCUT2D eigenvalue weighted by atomic mass is 10.2. The zero-order chi connectivity index (χ0) is 11.4. The summed E-state index contributed by atoms with van der Waals surface area (Å²) in [5, 5.41) is 6.29. The average molecular weight is 259 g/mol. The van der Waals surface area contributed by atoms with Crippen LogP contribution in [0.15, 0.2) is 11.4 Å². The van der Waals surface area contributed by atoms with Crippen LogP contribution >= 0.6 is 22.9 Å². The smallest absolute Gasteiger partial charge is 0.0539 e. The molecule has 4 heteroatoms. The van der Waals surface area contributed by atoms with Crippen molar-refractivity contribution < 1.29 is 0 Å². The summed E-state index contributed by atoms with van der Waals surface area (Å²) in [5.74, 6) is 1.02. The van der Waals surface area contributed by atoms with Crippen LogP contribution in [0.4, 0.5) is 0 Å². The predicted octanol–water partition coefficient (Wildman–Crippen LogP) is 3.18. The maximum absolute atomic E-state index is 5.91. The summed E-state index contributed by atoms with van der Waals surface area (Å²) in [4.78, 5) is 1.25. The van der Waals surface area contributed by atoms with Gasteiger partial charge < -0.3 is 11.1 Å². The highest BCUT2D eigenvalue weighted by molar-refractivity contribution is 7.10. The first-order valence-electron chi connectivity index (χ1n) is 5.97. The molecule has 0 spiro atoms. The fraction of sp³-hybridized carbons (Fsp3) is 0.667. The Labute approximate surface area is 106 Å². The van der Waals surface area contributed by atoms with E-state index >= 15 is 0 Å². The summed E-state index contributed by atoms with van der Waals surface area (Å²) in [6.45, 7) is 1.70. The molecule has 1 aromatic rings. The minimum atomic E-state index is 0.275. The molecule has 1 fully saturated rings. The Kier molecular flexibility index (Phi) is 4.65. The molecular formula is C12H19ClN2S. The second kappa shape index (κ2) is 6.01. The summed E-state index contributed by atoms with van der Waals surface area (Å²) >= 11 is 7.60. The molecule has 0 aromatic carbocycles. The van der Waals surface area contributed by atoms with Gasteiger partial charge in [-0.2, -0.15) is 0 Å². The van der Waals surface area contributed by atoms with Gasteiger partial charge in [-0.05, 0) is 31.4 Å². The quantitative estimate of drug-likeness (QED) is 0.738. The van der Waals surface area contributed by atoms with Gasteiger partial charge in [-0.1, -0.05) is 24.4 Å². The molecule has 0 amide bonds. The molecule has 16 heavy (non-hydrogen) atoms. The van der Waals surface area contributed by atoms with E-state index in [0.717, 1.165) is 17.5 Å². The summed E-state index contributed by atoms with van der Waals surface area (Å²) < 4.78 is 0. The van der Waals surface area contributed by atoms with E-state index < -0.39 is 0 Å². The predicted molar refractivity (Wildman–Crippen MR) is 71.1 cm³/mol. The van der Waals surface area contributed by atoms with Crippen LogP contribution in [0, 0.1) is 5.92 Å². The molecular weight excluding hydrogens is 240 g/mol. The van der Waals surface area contributed by atoms with Crippen molar-refractivity contribution in [2.75, 3.05) is 13.1 Å². The van der Waals surface area contributed by atoms with Gasteiger partial charge in [0.1, 0.15) is 0 Å². The van der Waals surface area contributed by atoms with Crippen molar-refractivity contribution in [2.24, 2.45) is 11.7 Å². The number of nitrogens with one attached hydrogen (secondary N) is 1. The van der Waals surface area contributed by atoms with Crippen LogP contribution in [-0.4, -0.2) is 13.1 Å². The van der Waals surface area contributed by atoms with Crippen molar-refractivity contribution in [1.82, 2.24) is 5.32 Å². The first-order chi connectivity index (χ1) is 7.79. The number of halogens is 1. The van der Waals surface area contributed by atoms with Crippen molar-refractivity contribution in [3.8, 4) is 0 Å². The molecule has 2 rings (SSSR count). The van der Waals surface area contributed by atoms with Crippen LogP contribution < -0.4 is 11.1 Å². The monoisotopic (exact) mass is 258 g/mol. The lowest BCUT2D eigenvalue weighted by molar-refractivity contribution is 0.517. The Balaban J connectivity index is 1.71. The topological polar surface area (TPSA) is 38.0 Å². The van der Waals surface area contributed by atoms with Gasteiger partial charge in [0.2, 0.25) is 0 Å². The Morgan fingerprint density at radius 2 is 2.38 bits per heavy atom. The molecule has 1 unspecified atom stereocenters. The van der Waals surface area contributed by atoms with Gasteiger partial charge in [0.15, 0.2) is 0 Å². The maximum atomic E-state index is 5.91. The lowest BCUT2D eigenvalue weighted by Crippen LogP contribution is -2.28. The van der Waals surface area contributed by atoms with E-state index in [0.29, 0.717) is 6.54 Å². The van der Waals surface area contributed by atoms with E-state index in [-0.39, 0.29) is 6.04 Å². The minimum absolute atomic E-state index is 0.275. The third kappa shape index (κ3) is 3.74. The van der Waals surface area contributed by atoms with Crippen molar-refractivity contribution in [2.45, 2.75) is 31.7 Å². The summed E-state index contributed by atoms with van der Waals surface area (Å²) in [7, 11) is 0. The fourth-order valence-corrected chi connectivity index (χ4v) is 3.06. The molecule has 0 bridgehead atoms. The van der Waals surface area contributed by atoms with Gasteiger partial charge in [-0.15, -0.1) is 11.3 Å². The molecule has 1 aromatic heterocycles. The Bertz CT molecular complexity index is 323. The fourth-order valence-electron chi connectivity index (χ4n) is 1.88. The molecule has 0 radical (unpaired) electrons. The molecule has 0 saturated heterocycles. The highest BCUT2D eigenvalue weighted by Gasteiger charge is 2.20. The van der Waals surface area contributed by atoms with Crippen LogP contribution in [0.1, 0.15) is 36.6 Å². The number of nitrogens with two attached hydrogens (primary N) is 1. The van der Waals surface area contributed by atoms with Gasteiger partial charge in [-0.3, -0.25) is 0 Å². The minimum Gasteiger partial charge on any atom is -0.329 e. The Morgan fingerprint density at radius 1 is 1.56 bits per heavy atom. The van der Waals surface area contributed by atoms with Gasteiger partial charge in [0.05, 0.1) is 11.1 Å². The summed E-state index contributed by atoms with van der Waals surface area (Å²) in [6.07, 6.45) is 5.53. The van der Waals surface area contributed by atoms with Crippen molar-refractivity contribution in [1.29, 1.82) is 0 Å². The van der Waals surface area contributed by atoms with E-state index in [1.807, 2.05) is 11.4 Å². The van der Waals surface area contributed by atoms with Crippen LogP contribution in [0.5, 0.6) is 0 Å². The zero-order valence-corrected chi connectivity index (χ0v) is 11.0. The van der Waals surface area contributed by atoms with Crippen LogP contribution in [0.25, 0.3) is 0 Å². The molecule has 1 aliphatic carbocycles. The molecule has 1 heterocycles. The number of thiophene rings is 1. The second-order valence-corrected chi connectivity index (χ2v) is 5.87. The zero-order valence-electron chi connectivity index (χ0n) is 9.42. The molecule has 3 N–H and O–H groups in total. The summed E-state index contributed by atoms with van der Waals surface area (Å²) in [5.41, 5.74) is 5.77. The largest absolute Gasteiger partial charge is 0.329 e. The van der Waals surface area contributed by atoms with Crippen molar-refractivity contribution in [3.63, 3.8) is 0 Å². The van der Waals surface area contributed by atoms with E-state index in [2.05, 4.69) is 5.32 Å². The SMILES string of the molecule is NCC(NCCCC1CC1)c1cc(Cl)cs1. The normalized spacial score (nSPS) is 17.6. The molecule has 2 nitrogen and oxygen atoms in total. The number of hydrogen-bond donors (Lipinski definition) is 2. The molecule has 90 valence electrons. The van der Waals surface area contributed by atoms with Crippen molar-refractivity contribution >= 4 is 22.9 Å². The van der Waals surface area contributed by atoms with E-state index in [4.69, 9.17) is 17.3 Å². The number of hydrogen-bond acceptors (Lipinski definition) is 3. The molecule has 0 aliphatic heterocycles. The van der Waals surface area contributed by atoms with Crippen LogP contribution in [0.2, 0.25) is 5.02 Å². The van der Waals surface area contributed by atoms with Gasteiger partial charge >= 0.3 is 0 Å². The molecule has 1 atom stereocenters. The van der Waals surface area contributed by atoms with Gasteiger partial charge in [-0.25, -0.2) is 0 Å². The first-order valence-corrected chi connectivity index (χ1v) is 7.22. The van der Waals surface area contributed by atoms with E-state index in [1.165, 1.54) is 30.6 Å². The third-order valence-corrected chi connectivity index (χ3v) is 4.44. The highest BCUT2D eigenvalue weighted by Crippen LogP contribution is 2.33. The highest BCUT2D eigenvalue weighted by atomic mass is 35.5. The van der Waals surface area contributed by atoms with E-state index in [1.54, 1.807) is 11.3 Å². The molecule has 1 saturated carbocycles. The van der Waals surface area contributed by atoms with Gasteiger partial charge in [0.25, 0.3) is 0 Å². The average Bonchev–Trinajstić information content (AvgIpc) is 3.01.